The number of carbonyl (C=O) groups excluding carboxylic acids is 1. The first kappa shape index (κ1) is 16.3. The fraction of sp³-hybridized carbons (Fsp3) is 0.316. The monoisotopic (exact) mass is 420 g/mol. The molecule has 1 unspecified atom stereocenters. The van der Waals surface area contributed by atoms with Gasteiger partial charge in [0.25, 0.3) is 5.91 Å². The molecule has 3 rings (SSSR count). The van der Waals surface area contributed by atoms with Crippen LogP contribution in [0.25, 0.3) is 0 Å². The summed E-state index contributed by atoms with van der Waals surface area (Å²) in [6.07, 6.45) is 2.07. The Bertz CT molecular complexity index is 701. The first-order valence-corrected chi connectivity index (χ1v) is 9.11. The fourth-order valence-electron chi connectivity index (χ4n) is 3.15. The molecule has 120 valence electrons. The van der Waals surface area contributed by atoms with E-state index in [4.69, 9.17) is 0 Å². The molecule has 0 saturated heterocycles. The average Bonchev–Trinajstić information content (AvgIpc) is 2.87. The molecule has 0 spiro atoms. The van der Waals surface area contributed by atoms with Gasteiger partial charge >= 0.3 is 0 Å². The van der Waals surface area contributed by atoms with Crippen LogP contribution in [-0.2, 0) is 6.42 Å². The number of nitrogens with zero attached hydrogens (tertiary/aromatic N) is 1. The predicted octanol–water partition coefficient (Wildman–Crippen LogP) is 3.86. The van der Waals surface area contributed by atoms with Crippen molar-refractivity contribution in [2.45, 2.75) is 25.8 Å². The van der Waals surface area contributed by atoms with Crippen LogP contribution < -0.4 is 10.2 Å². The van der Waals surface area contributed by atoms with E-state index in [9.17, 15) is 4.79 Å². The molecule has 23 heavy (non-hydrogen) atoms. The van der Waals surface area contributed by atoms with E-state index in [-0.39, 0.29) is 5.91 Å². The molecule has 0 radical (unpaired) electrons. The van der Waals surface area contributed by atoms with Crippen LogP contribution in [0.2, 0.25) is 0 Å². The first-order valence-electron chi connectivity index (χ1n) is 8.03. The zero-order valence-electron chi connectivity index (χ0n) is 13.3. The van der Waals surface area contributed by atoms with Crippen LogP contribution in [0.15, 0.2) is 48.5 Å². The number of rotatable bonds is 5. The highest BCUT2D eigenvalue weighted by molar-refractivity contribution is 14.1. The smallest absolute Gasteiger partial charge is 0.251 e. The third-order valence-corrected chi connectivity index (χ3v) is 4.97. The Labute approximate surface area is 151 Å². The van der Waals surface area contributed by atoms with E-state index in [2.05, 4.69) is 64.0 Å². The number of carbonyl (C=O) groups is 1. The number of fused-ring (bicyclic) bond motifs is 1. The second kappa shape index (κ2) is 7.34. The summed E-state index contributed by atoms with van der Waals surface area (Å²) >= 11 is 2.23. The second-order valence-electron chi connectivity index (χ2n) is 6.00. The third kappa shape index (κ3) is 3.86. The quantitative estimate of drug-likeness (QED) is 0.589. The van der Waals surface area contributed by atoms with Gasteiger partial charge in [-0.1, -0.05) is 24.3 Å². The third-order valence-electron chi connectivity index (χ3n) is 4.30. The summed E-state index contributed by atoms with van der Waals surface area (Å²) in [7, 11) is 0. The standard InChI is InChI=1S/C19H21IN2O/c1-14-12-15-6-2-3-9-18(15)22(14)11-5-10-21-19(23)16-7-4-8-17(20)13-16/h2-4,6-9,13-14H,5,10-12H2,1H3,(H,21,23). The maximum atomic E-state index is 12.1. The second-order valence-corrected chi connectivity index (χ2v) is 7.24. The van der Waals surface area contributed by atoms with Crippen molar-refractivity contribution in [3.05, 3.63) is 63.2 Å². The minimum Gasteiger partial charge on any atom is -0.368 e. The molecule has 0 aromatic heterocycles. The van der Waals surface area contributed by atoms with Crippen LogP contribution in [-0.4, -0.2) is 25.0 Å². The number of hydrogen-bond donors (Lipinski definition) is 1. The Morgan fingerprint density at radius 3 is 2.91 bits per heavy atom. The molecule has 2 aromatic carbocycles. The Hall–Kier alpha value is -1.56. The van der Waals surface area contributed by atoms with Gasteiger partial charge in [-0.2, -0.15) is 0 Å². The van der Waals surface area contributed by atoms with Crippen molar-refractivity contribution < 1.29 is 4.79 Å². The van der Waals surface area contributed by atoms with Crippen LogP contribution in [0.1, 0.15) is 29.3 Å². The van der Waals surface area contributed by atoms with Crippen molar-refractivity contribution in [2.24, 2.45) is 0 Å². The largest absolute Gasteiger partial charge is 0.368 e. The van der Waals surface area contributed by atoms with Gasteiger partial charge < -0.3 is 10.2 Å². The molecule has 0 fully saturated rings. The van der Waals surface area contributed by atoms with Crippen LogP contribution in [0.5, 0.6) is 0 Å². The van der Waals surface area contributed by atoms with E-state index < -0.39 is 0 Å². The average molecular weight is 420 g/mol. The van der Waals surface area contributed by atoms with Crippen LogP contribution in [0, 0.1) is 3.57 Å². The first-order chi connectivity index (χ1) is 11.1. The molecule has 0 bridgehead atoms. The number of benzene rings is 2. The fourth-order valence-corrected chi connectivity index (χ4v) is 3.70. The SMILES string of the molecule is CC1Cc2ccccc2N1CCCNC(=O)c1cccc(I)c1. The van der Waals surface area contributed by atoms with Gasteiger partial charge in [0.2, 0.25) is 0 Å². The van der Waals surface area contributed by atoms with Crippen molar-refractivity contribution >= 4 is 34.2 Å². The van der Waals surface area contributed by atoms with E-state index in [1.165, 1.54) is 11.3 Å². The molecule has 1 heterocycles. The van der Waals surface area contributed by atoms with Gasteiger partial charge in [-0.15, -0.1) is 0 Å². The van der Waals surface area contributed by atoms with E-state index in [0.29, 0.717) is 12.6 Å². The topological polar surface area (TPSA) is 32.3 Å². The van der Waals surface area contributed by atoms with Gasteiger partial charge in [0.1, 0.15) is 0 Å². The summed E-state index contributed by atoms with van der Waals surface area (Å²) in [6, 6.07) is 16.8. The lowest BCUT2D eigenvalue weighted by Crippen LogP contribution is -2.33. The lowest BCUT2D eigenvalue weighted by atomic mass is 10.1. The predicted molar refractivity (Wildman–Crippen MR) is 103 cm³/mol. The number of hydrogen-bond acceptors (Lipinski definition) is 2. The van der Waals surface area contributed by atoms with Gasteiger partial charge in [-0.25, -0.2) is 0 Å². The van der Waals surface area contributed by atoms with Crippen LogP contribution >= 0.6 is 22.6 Å². The Morgan fingerprint density at radius 2 is 2.09 bits per heavy atom. The summed E-state index contributed by atoms with van der Waals surface area (Å²) < 4.78 is 1.08. The minimum absolute atomic E-state index is 0.0124. The summed E-state index contributed by atoms with van der Waals surface area (Å²) in [5, 5.41) is 3.02. The molecule has 1 aliphatic rings. The van der Waals surface area contributed by atoms with Crippen molar-refractivity contribution in [3.8, 4) is 0 Å². The zero-order chi connectivity index (χ0) is 16.2. The van der Waals surface area contributed by atoms with Gasteiger partial charge in [0, 0.05) is 34.0 Å². The summed E-state index contributed by atoms with van der Waals surface area (Å²) in [6.45, 7) is 3.95. The van der Waals surface area contributed by atoms with E-state index in [1.807, 2.05) is 24.3 Å². The maximum Gasteiger partial charge on any atom is 0.251 e. The lowest BCUT2D eigenvalue weighted by Gasteiger charge is -2.24. The normalized spacial score (nSPS) is 16.3. The van der Waals surface area contributed by atoms with Crippen molar-refractivity contribution in [1.29, 1.82) is 0 Å². The molecule has 1 atom stereocenters. The van der Waals surface area contributed by atoms with Gasteiger partial charge in [0.05, 0.1) is 0 Å². The lowest BCUT2D eigenvalue weighted by molar-refractivity contribution is 0.0953. The molecule has 1 aliphatic heterocycles. The number of anilines is 1. The Balaban J connectivity index is 1.50. The molecule has 1 amide bonds. The van der Waals surface area contributed by atoms with E-state index in [1.54, 1.807) is 0 Å². The highest BCUT2D eigenvalue weighted by Crippen LogP contribution is 2.31. The number of amides is 1. The molecule has 2 aromatic rings. The highest BCUT2D eigenvalue weighted by Gasteiger charge is 2.24. The molecule has 0 saturated carbocycles. The van der Waals surface area contributed by atoms with Crippen molar-refractivity contribution in [1.82, 2.24) is 5.32 Å². The van der Waals surface area contributed by atoms with Crippen molar-refractivity contribution in [3.63, 3.8) is 0 Å². The van der Waals surface area contributed by atoms with Gasteiger partial charge in [-0.05, 0) is 72.2 Å². The molecule has 0 aliphatic carbocycles. The van der Waals surface area contributed by atoms with E-state index >= 15 is 0 Å². The molecular formula is C19H21IN2O. The molecule has 1 N–H and O–H groups in total. The van der Waals surface area contributed by atoms with Gasteiger partial charge in [0.15, 0.2) is 0 Å². The molecule has 4 heteroatoms. The van der Waals surface area contributed by atoms with Crippen LogP contribution in [0.4, 0.5) is 5.69 Å². The molecular weight excluding hydrogens is 399 g/mol. The van der Waals surface area contributed by atoms with Gasteiger partial charge in [-0.3, -0.25) is 4.79 Å². The minimum atomic E-state index is 0.0124. The zero-order valence-corrected chi connectivity index (χ0v) is 15.4. The summed E-state index contributed by atoms with van der Waals surface area (Å²) in [4.78, 5) is 14.6. The number of halogens is 1. The molecule has 3 nitrogen and oxygen atoms in total. The Kier molecular flexibility index (Phi) is 5.20. The highest BCUT2D eigenvalue weighted by atomic mass is 127. The van der Waals surface area contributed by atoms with Crippen molar-refractivity contribution in [2.75, 3.05) is 18.0 Å². The van der Waals surface area contributed by atoms with Crippen LogP contribution in [0.3, 0.4) is 0 Å². The Morgan fingerprint density at radius 1 is 1.26 bits per heavy atom. The maximum absolute atomic E-state index is 12.1. The summed E-state index contributed by atoms with van der Waals surface area (Å²) in [5.74, 6) is 0.0124. The van der Waals surface area contributed by atoms with E-state index in [0.717, 1.165) is 28.5 Å². The summed E-state index contributed by atoms with van der Waals surface area (Å²) in [5.41, 5.74) is 3.52. The number of para-hydroxylation sites is 1. The number of nitrogens with one attached hydrogen (secondary N) is 1.